The Kier molecular flexibility index (Phi) is 5.28. The summed E-state index contributed by atoms with van der Waals surface area (Å²) < 4.78 is 20.2. The minimum absolute atomic E-state index is 0.0230. The number of hydrogen-bond donors (Lipinski definition) is 0. The van der Waals surface area contributed by atoms with E-state index in [4.69, 9.17) is 4.74 Å². The summed E-state index contributed by atoms with van der Waals surface area (Å²) in [4.78, 5) is 23.6. The minimum Gasteiger partial charge on any atom is -0.486 e. The van der Waals surface area contributed by atoms with Crippen LogP contribution >= 0.6 is 22.6 Å². The molecule has 2 aromatic rings. The van der Waals surface area contributed by atoms with E-state index in [0.29, 0.717) is 16.9 Å². The Morgan fingerprint density at radius 1 is 1.18 bits per heavy atom. The first-order valence-electron chi connectivity index (χ1n) is 6.62. The fourth-order valence-electron chi connectivity index (χ4n) is 2.05. The van der Waals surface area contributed by atoms with Crippen LogP contribution in [0.5, 0.6) is 5.75 Å². The molecule has 0 atom stereocenters. The Bertz CT molecular complexity index is 741. The molecule has 0 aromatic heterocycles. The van der Waals surface area contributed by atoms with Crippen LogP contribution in [0, 0.1) is 16.3 Å². The lowest BCUT2D eigenvalue weighted by molar-refractivity contribution is -0.118. The summed E-state index contributed by atoms with van der Waals surface area (Å²) in [6.07, 6.45) is 0. The van der Waals surface area contributed by atoms with Crippen molar-refractivity contribution in [3.05, 3.63) is 62.5 Å². The van der Waals surface area contributed by atoms with Gasteiger partial charge < -0.3 is 4.74 Å². The van der Waals surface area contributed by atoms with Crippen molar-refractivity contribution in [2.45, 2.75) is 13.8 Å². The largest absolute Gasteiger partial charge is 0.486 e. The topological polar surface area (TPSA) is 43.4 Å². The predicted octanol–water partition coefficient (Wildman–Crippen LogP) is 3.94. The number of rotatable bonds is 5. The van der Waals surface area contributed by atoms with Crippen molar-refractivity contribution in [2.24, 2.45) is 0 Å². The Labute approximate surface area is 141 Å². The number of hydrogen-bond acceptors (Lipinski definition) is 3. The van der Waals surface area contributed by atoms with Crippen LogP contribution in [0.15, 0.2) is 36.4 Å². The van der Waals surface area contributed by atoms with Crippen molar-refractivity contribution in [3.63, 3.8) is 0 Å². The molecule has 0 heterocycles. The van der Waals surface area contributed by atoms with E-state index in [2.05, 4.69) is 0 Å². The van der Waals surface area contributed by atoms with Gasteiger partial charge in [0, 0.05) is 14.7 Å². The summed E-state index contributed by atoms with van der Waals surface area (Å²) in [6, 6.07) is 9.61. The molecule has 0 unspecified atom stereocenters. The zero-order valence-electron chi connectivity index (χ0n) is 12.2. The highest BCUT2D eigenvalue weighted by molar-refractivity contribution is 14.1. The summed E-state index contributed by atoms with van der Waals surface area (Å²) in [7, 11) is 0. The summed E-state index contributed by atoms with van der Waals surface area (Å²) in [6.45, 7) is 2.90. The second-order valence-electron chi connectivity index (χ2n) is 4.85. The van der Waals surface area contributed by atoms with E-state index in [1.54, 1.807) is 25.1 Å². The third kappa shape index (κ3) is 3.52. The van der Waals surface area contributed by atoms with Crippen LogP contribution in [0.1, 0.15) is 28.4 Å². The average molecular weight is 412 g/mol. The first-order valence-corrected chi connectivity index (χ1v) is 7.70. The Balaban J connectivity index is 2.46. The third-order valence-corrected chi connectivity index (χ3v) is 4.08. The van der Waals surface area contributed by atoms with Crippen LogP contribution in [0.2, 0.25) is 0 Å². The number of ketones is 2. The molecular weight excluding hydrogens is 398 g/mol. The van der Waals surface area contributed by atoms with Crippen molar-refractivity contribution in [1.82, 2.24) is 0 Å². The number of Topliss-reactive ketones (excluding diaryl/α,β-unsaturated/α-hetero) is 1. The molecule has 0 N–H and O–H groups in total. The molecule has 0 spiro atoms. The number of halogens is 2. The van der Waals surface area contributed by atoms with Crippen LogP contribution in [0.3, 0.4) is 0 Å². The lowest BCUT2D eigenvalue weighted by atomic mass is 9.98. The van der Waals surface area contributed by atoms with Crippen molar-refractivity contribution in [3.8, 4) is 5.75 Å². The van der Waals surface area contributed by atoms with E-state index >= 15 is 0 Å². The maximum absolute atomic E-state index is 14.2. The van der Waals surface area contributed by atoms with Crippen molar-refractivity contribution in [1.29, 1.82) is 0 Å². The summed E-state index contributed by atoms with van der Waals surface area (Å²) in [5.41, 5.74) is 0.810. The standard InChI is InChI=1S/C17H14FIO3/c1-10(20)9-22-15-8-7-13(18)16(11(15)2)17(21)12-5-3-4-6-14(12)19/h3-8H,9H2,1-2H3. The average Bonchev–Trinajstić information content (AvgIpc) is 2.46. The maximum Gasteiger partial charge on any atom is 0.197 e. The molecule has 2 rings (SSSR count). The highest BCUT2D eigenvalue weighted by atomic mass is 127. The second kappa shape index (κ2) is 7.00. The van der Waals surface area contributed by atoms with Gasteiger partial charge in [0.1, 0.15) is 18.2 Å². The van der Waals surface area contributed by atoms with Crippen LogP contribution < -0.4 is 4.74 Å². The normalized spacial score (nSPS) is 10.4. The van der Waals surface area contributed by atoms with Gasteiger partial charge in [0.2, 0.25) is 0 Å². The molecule has 0 amide bonds. The molecule has 0 aliphatic heterocycles. The second-order valence-corrected chi connectivity index (χ2v) is 6.01. The van der Waals surface area contributed by atoms with Gasteiger partial charge in [0.05, 0.1) is 5.56 Å². The highest BCUT2D eigenvalue weighted by Crippen LogP contribution is 2.27. The number of benzene rings is 2. The van der Waals surface area contributed by atoms with Gasteiger partial charge in [0.25, 0.3) is 0 Å². The summed E-state index contributed by atoms with van der Waals surface area (Å²) in [5, 5.41) is 0. The molecule has 5 heteroatoms. The zero-order chi connectivity index (χ0) is 16.3. The molecule has 0 fully saturated rings. The molecule has 0 aliphatic rings. The fraction of sp³-hybridized carbons (Fsp3) is 0.176. The summed E-state index contributed by atoms with van der Waals surface area (Å²) >= 11 is 2.04. The Hall–Kier alpha value is -1.76. The van der Waals surface area contributed by atoms with Gasteiger partial charge in [0.15, 0.2) is 11.6 Å². The van der Waals surface area contributed by atoms with E-state index in [1.807, 2.05) is 28.7 Å². The molecule has 2 aromatic carbocycles. The predicted molar refractivity (Wildman–Crippen MR) is 89.9 cm³/mol. The van der Waals surface area contributed by atoms with Crippen LogP contribution in [0.4, 0.5) is 4.39 Å². The monoisotopic (exact) mass is 412 g/mol. The molecule has 0 saturated carbocycles. The SMILES string of the molecule is CC(=O)COc1ccc(F)c(C(=O)c2ccccc2I)c1C. The van der Waals surface area contributed by atoms with Crippen molar-refractivity contribution in [2.75, 3.05) is 6.61 Å². The van der Waals surface area contributed by atoms with E-state index in [9.17, 15) is 14.0 Å². The number of carbonyl (C=O) groups is 2. The molecule has 0 radical (unpaired) electrons. The zero-order valence-corrected chi connectivity index (χ0v) is 14.3. The minimum atomic E-state index is -0.600. The van der Waals surface area contributed by atoms with Crippen LogP contribution in [-0.4, -0.2) is 18.2 Å². The smallest absolute Gasteiger partial charge is 0.197 e. The fourth-order valence-corrected chi connectivity index (χ4v) is 2.69. The number of carbonyl (C=O) groups excluding carboxylic acids is 2. The van der Waals surface area contributed by atoms with Crippen molar-refractivity contribution >= 4 is 34.2 Å². The lowest BCUT2D eigenvalue weighted by Crippen LogP contribution is -2.12. The first-order chi connectivity index (χ1) is 10.4. The molecule has 3 nitrogen and oxygen atoms in total. The Morgan fingerprint density at radius 3 is 2.50 bits per heavy atom. The highest BCUT2D eigenvalue weighted by Gasteiger charge is 2.21. The number of ether oxygens (including phenoxy) is 1. The molecule has 0 bridgehead atoms. The van der Waals surface area contributed by atoms with E-state index < -0.39 is 11.6 Å². The van der Waals surface area contributed by atoms with Gasteiger partial charge in [-0.25, -0.2) is 4.39 Å². The van der Waals surface area contributed by atoms with E-state index in [-0.39, 0.29) is 18.0 Å². The molecular formula is C17H14FIO3. The van der Waals surface area contributed by atoms with Crippen LogP contribution in [-0.2, 0) is 4.79 Å². The van der Waals surface area contributed by atoms with Gasteiger partial charge in [-0.2, -0.15) is 0 Å². The molecule has 0 saturated heterocycles. The maximum atomic E-state index is 14.2. The van der Waals surface area contributed by atoms with E-state index in [1.165, 1.54) is 19.1 Å². The first kappa shape index (κ1) is 16.6. The molecule has 114 valence electrons. The Morgan fingerprint density at radius 2 is 1.86 bits per heavy atom. The quantitative estimate of drug-likeness (QED) is 0.552. The van der Waals surface area contributed by atoms with Gasteiger partial charge >= 0.3 is 0 Å². The molecule has 0 aliphatic carbocycles. The third-order valence-electron chi connectivity index (χ3n) is 3.14. The molecule has 22 heavy (non-hydrogen) atoms. The van der Waals surface area contributed by atoms with Gasteiger partial charge in [-0.3, -0.25) is 9.59 Å². The van der Waals surface area contributed by atoms with E-state index in [0.717, 1.165) is 3.57 Å². The summed E-state index contributed by atoms with van der Waals surface area (Å²) in [5.74, 6) is -0.800. The van der Waals surface area contributed by atoms with Crippen LogP contribution in [0.25, 0.3) is 0 Å². The van der Waals surface area contributed by atoms with Crippen molar-refractivity contribution < 1.29 is 18.7 Å². The van der Waals surface area contributed by atoms with Gasteiger partial charge in [-0.05, 0) is 60.7 Å². The van der Waals surface area contributed by atoms with Gasteiger partial charge in [-0.1, -0.05) is 12.1 Å². The lowest BCUT2D eigenvalue weighted by Gasteiger charge is -2.13. The van der Waals surface area contributed by atoms with Gasteiger partial charge in [-0.15, -0.1) is 0 Å².